The molecule has 0 radical (unpaired) electrons. The molecule has 0 aliphatic heterocycles. The summed E-state index contributed by atoms with van der Waals surface area (Å²) in [6, 6.07) is 13.4. The van der Waals surface area contributed by atoms with Gasteiger partial charge in [0.05, 0.1) is 6.54 Å². The molecule has 0 bridgehead atoms. The van der Waals surface area contributed by atoms with Crippen molar-refractivity contribution in [2.24, 2.45) is 0 Å². The highest BCUT2D eigenvalue weighted by molar-refractivity contribution is 5.96. The molecular weight excluding hydrogens is 345 g/mol. The lowest BCUT2D eigenvalue weighted by Gasteiger charge is -2.18. The fraction of sp³-hybridized carbons (Fsp3) is 0.333. The SMILES string of the molecule is CCN(CC)Cc1cccc(CNC(=O)CNC(=O)c2cccc(F)c2)c1. The predicted octanol–water partition coefficient (Wildman–Crippen LogP) is 2.71. The van der Waals surface area contributed by atoms with Crippen molar-refractivity contribution in [2.45, 2.75) is 26.9 Å². The van der Waals surface area contributed by atoms with Crippen LogP contribution in [0.4, 0.5) is 4.39 Å². The van der Waals surface area contributed by atoms with Gasteiger partial charge in [-0.25, -0.2) is 4.39 Å². The first-order chi connectivity index (χ1) is 13.0. The first kappa shape index (κ1) is 20.6. The summed E-state index contributed by atoms with van der Waals surface area (Å²) in [7, 11) is 0. The number of nitrogens with zero attached hydrogens (tertiary/aromatic N) is 1. The van der Waals surface area contributed by atoms with Crippen LogP contribution in [0.25, 0.3) is 0 Å². The molecule has 0 saturated carbocycles. The molecule has 0 aliphatic rings. The lowest BCUT2D eigenvalue weighted by molar-refractivity contribution is -0.120. The molecule has 2 rings (SSSR count). The summed E-state index contributed by atoms with van der Waals surface area (Å²) in [4.78, 5) is 26.2. The van der Waals surface area contributed by atoms with Gasteiger partial charge in [-0.1, -0.05) is 44.2 Å². The quantitative estimate of drug-likeness (QED) is 0.713. The Morgan fingerprint density at radius 3 is 2.37 bits per heavy atom. The molecule has 0 heterocycles. The summed E-state index contributed by atoms with van der Waals surface area (Å²) in [5, 5.41) is 5.27. The van der Waals surface area contributed by atoms with E-state index in [9.17, 15) is 14.0 Å². The molecule has 0 aliphatic carbocycles. The van der Waals surface area contributed by atoms with Crippen molar-refractivity contribution in [1.29, 1.82) is 0 Å². The smallest absolute Gasteiger partial charge is 0.251 e. The summed E-state index contributed by atoms with van der Waals surface area (Å²) < 4.78 is 13.1. The Labute approximate surface area is 159 Å². The van der Waals surface area contributed by atoms with E-state index in [-0.39, 0.29) is 18.0 Å². The van der Waals surface area contributed by atoms with Crippen LogP contribution in [0.2, 0.25) is 0 Å². The maximum absolute atomic E-state index is 13.1. The van der Waals surface area contributed by atoms with Crippen LogP contribution in [0.5, 0.6) is 0 Å². The molecule has 0 saturated heterocycles. The fourth-order valence-corrected chi connectivity index (χ4v) is 2.70. The van der Waals surface area contributed by atoms with Crippen LogP contribution in [0, 0.1) is 5.82 Å². The molecule has 2 N–H and O–H groups in total. The van der Waals surface area contributed by atoms with E-state index in [1.54, 1.807) is 0 Å². The standard InChI is InChI=1S/C21H26FN3O2/c1-3-25(4-2)15-17-8-5-7-16(11-17)13-23-20(26)14-24-21(27)18-9-6-10-19(22)12-18/h5-12H,3-4,13-15H2,1-2H3,(H,23,26)(H,24,27). The maximum atomic E-state index is 13.1. The molecule has 0 fully saturated rings. The number of halogens is 1. The zero-order valence-electron chi connectivity index (χ0n) is 15.8. The van der Waals surface area contributed by atoms with Gasteiger partial charge in [0, 0.05) is 18.7 Å². The topological polar surface area (TPSA) is 61.4 Å². The zero-order chi connectivity index (χ0) is 19.6. The number of hydrogen-bond acceptors (Lipinski definition) is 3. The Hall–Kier alpha value is -2.73. The second-order valence-corrected chi connectivity index (χ2v) is 6.25. The molecule has 2 aromatic rings. The number of carbonyl (C=O) groups is 2. The number of amides is 2. The minimum atomic E-state index is -0.489. The van der Waals surface area contributed by atoms with E-state index in [1.807, 2.05) is 12.1 Å². The highest BCUT2D eigenvalue weighted by atomic mass is 19.1. The van der Waals surface area contributed by atoms with Gasteiger partial charge in [-0.05, 0) is 42.4 Å². The summed E-state index contributed by atoms with van der Waals surface area (Å²) in [5.74, 6) is -1.27. The summed E-state index contributed by atoms with van der Waals surface area (Å²) in [6.45, 7) is 7.34. The van der Waals surface area contributed by atoms with Crippen LogP contribution in [-0.2, 0) is 17.9 Å². The number of nitrogens with one attached hydrogen (secondary N) is 2. The van der Waals surface area contributed by atoms with E-state index in [2.05, 4.69) is 41.5 Å². The third-order valence-electron chi connectivity index (χ3n) is 4.28. The van der Waals surface area contributed by atoms with Crippen LogP contribution in [0.15, 0.2) is 48.5 Å². The van der Waals surface area contributed by atoms with Gasteiger partial charge in [0.15, 0.2) is 0 Å². The van der Waals surface area contributed by atoms with Crippen molar-refractivity contribution in [3.05, 3.63) is 71.0 Å². The minimum absolute atomic E-state index is 0.158. The average Bonchev–Trinajstić information content (AvgIpc) is 2.69. The zero-order valence-corrected chi connectivity index (χ0v) is 15.8. The molecular formula is C21H26FN3O2. The minimum Gasteiger partial charge on any atom is -0.350 e. The van der Waals surface area contributed by atoms with Crippen molar-refractivity contribution >= 4 is 11.8 Å². The number of carbonyl (C=O) groups excluding carboxylic acids is 2. The lowest BCUT2D eigenvalue weighted by atomic mass is 10.1. The van der Waals surface area contributed by atoms with Gasteiger partial charge in [-0.15, -0.1) is 0 Å². The number of rotatable bonds is 9. The highest BCUT2D eigenvalue weighted by Gasteiger charge is 2.09. The molecule has 27 heavy (non-hydrogen) atoms. The third kappa shape index (κ3) is 6.83. The molecule has 144 valence electrons. The normalized spacial score (nSPS) is 10.7. The second-order valence-electron chi connectivity index (χ2n) is 6.25. The fourth-order valence-electron chi connectivity index (χ4n) is 2.70. The summed E-state index contributed by atoms with van der Waals surface area (Å²) >= 11 is 0. The molecule has 0 atom stereocenters. The Bertz CT molecular complexity index is 776. The lowest BCUT2D eigenvalue weighted by Crippen LogP contribution is -2.36. The first-order valence-electron chi connectivity index (χ1n) is 9.12. The van der Waals surface area contributed by atoms with E-state index in [4.69, 9.17) is 0 Å². The van der Waals surface area contributed by atoms with E-state index < -0.39 is 11.7 Å². The van der Waals surface area contributed by atoms with Gasteiger partial charge in [-0.3, -0.25) is 14.5 Å². The molecule has 0 aromatic heterocycles. The first-order valence-corrected chi connectivity index (χ1v) is 9.12. The molecule has 2 aromatic carbocycles. The largest absolute Gasteiger partial charge is 0.350 e. The van der Waals surface area contributed by atoms with Gasteiger partial charge >= 0.3 is 0 Å². The number of hydrogen-bond donors (Lipinski definition) is 2. The average molecular weight is 371 g/mol. The van der Waals surface area contributed by atoms with Crippen molar-refractivity contribution in [3.63, 3.8) is 0 Å². The van der Waals surface area contributed by atoms with Crippen LogP contribution >= 0.6 is 0 Å². The van der Waals surface area contributed by atoms with E-state index in [0.717, 1.165) is 31.3 Å². The van der Waals surface area contributed by atoms with E-state index >= 15 is 0 Å². The van der Waals surface area contributed by atoms with Crippen molar-refractivity contribution in [2.75, 3.05) is 19.6 Å². The van der Waals surface area contributed by atoms with Gasteiger partial charge in [0.25, 0.3) is 5.91 Å². The molecule has 0 spiro atoms. The number of benzene rings is 2. The predicted molar refractivity (Wildman–Crippen MR) is 104 cm³/mol. The second kappa shape index (κ2) is 10.4. The maximum Gasteiger partial charge on any atom is 0.251 e. The Kier molecular flexibility index (Phi) is 7.95. The van der Waals surface area contributed by atoms with Crippen molar-refractivity contribution in [1.82, 2.24) is 15.5 Å². The van der Waals surface area contributed by atoms with Crippen LogP contribution in [0.1, 0.15) is 35.3 Å². The van der Waals surface area contributed by atoms with Crippen molar-refractivity contribution < 1.29 is 14.0 Å². The molecule has 0 unspecified atom stereocenters. The monoisotopic (exact) mass is 371 g/mol. The van der Waals surface area contributed by atoms with Crippen molar-refractivity contribution in [3.8, 4) is 0 Å². The third-order valence-corrected chi connectivity index (χ3v) is 4.28. The van der Waals surface area contributed by atoms with Gasteiger partial charge in [0.1, 0.15) is 5.82 Å². The molecule has 2 amide bonds. The molecule has 5 nitrogen and oxygen atoms in total. The van der Waals surface area contributed by atoms with Crippen LogP contribution in [-0.4, -0.2) is 36.3 Å². The Morgan fingerprint density at radius 2 is 1.67 bits per heavy atom. The Balaban J connectivity index is 1.80. The van der Waals surface area contributed by atoms with Crippen LogP contribution < -0.4 is 10.6 Å². The van der Waals surface area contributed by atoms with Gasteiger partial charge in [0.2, 0.25) is 5.91 Å². The van der Waals surface area contributed by atoms with Crippen LogP contribution in [0.3, 0.4) is 0 Å². The Morgan fingerprint density at radius 1 is 0.963 bits per heavy atom. The van der Waals surface area contributed by atoms with Gasteiger partial charge in [-0.2, -0.15) is 0 Å². The van der Waals surface area contributed by atoms with E-state index in [0.29, 0.717) is 6.54 Å². The molecule has 6 heteroatoms. The highest BCUT2D eigenvalue weighted by Crippen LogP contribution is 2.08. The summed E-state index contributed by atoms with van der Waals surface area (Å²) in [5.41, 5.74) is 2.39. The van der Waals surface area contributed by atoms with Gasteiger partial charge < -0.3 is 10.6 Å². The van der Waals surface area contributed by atoms with E-state index in [1.165, 1.54) is 23.8 Å². The summed E-state index contributed by atoms with van der Waals surface area (Å²) in [6.07, 6.45) is 0.